The number of halogens is 3. The summed E-state index contributed by atoms with van der Waals surface area (Å²) in [7, 11) is 0. The van der Waals surface area contributed by atoms with E-state index in [9.17, 15) is 18.0 Å². The van der Waals surface area contributed by atoms with E-state index < -0.39 is 12.1 Å². The Morgan fingerprint density at radius 2 is 1.86 bits per heavy atom. The largest absolute Gasteiger partial charge is 0.391 e. The van der Waals surface area contributed by atoms with Gasteiger partial charge in [0.05, 0.1) is 5.92 Å². The first-order chi connectivity index (χ1) is 10.4. The Kier molecular flexibility index (Phi) is 5.94. The number of amides is 2. The maximum atomic E-state index is 12.8. The van der Waals surface area contributed by atoms with Crippen LogP contribution in [-0.2, 0) is 4.74 Å². The number of ether oxygens (including phenoxy) is 1. The maximum Gasteiger partial charge on any atom is 0.391 e. The molecule has 1 saturated heterocycles. The van der Waals surface area contributed by atoms with Crippen LogP contribution >= 0.6 is 0 Å². The van der Waals surface area contributed by atoms with Crippen LogP contribution < -0.4 is 10.6 Å². The SMILES string of the molecule is CC(NC(=O)NC1CCCC(C(F)(F)F)C1)C1CCOCC1. The second kappa shape index (κ2) is 7.53. The average Bonchev–Trinajstić information content (AvgIpc) is 2.47. The summed E-state index contributed by atoms with van der Waals surface area (Å²) in [6, 6.07) is -0.736. The Bertz CT molecular complexity index is 370. The van der Waals surface area contributed by atoms with Crippen molar-refractivity contribution in [2.75, 3.05) is 13.2 Å². The summed E-state index contributed by atoms with van der Waals surface area (Å²) in [5.74, 6) is -0.923. The van der Waals surface area contributed by atoms with Crippen LogP contribution in [0.3, 0.4) is 0 Å². The number of carbonyl (C=O) groups excluding carboxylic acids is 1. The number of urea groups is 1. The lowest BCUT2D eigenvalue weighted by Crippen LogP contribution is -2.50. The number of carbonyl (C=O) groups is 1. The Balaban J connectivity index is 1.76. The van der Waals surface area contributed by atoms with Gasteiger partial charge >= 0.3 is 12.2 Å². The van der Waals surface area contributed by atoms with Crippen molar-refractivity contribution in [3.8, 4) is 0 Å². The van der Waals surface area contributed by atoms with Crippen LogP contribution in [0, 0.1) is 11.8 Å². The molecule has 1 heterocycles. The van der Waals surface area contributed by atoms with Crippen molar-refractivity contribution < 1.29 is 22.7 Å². The molecular weight excluding hydrogens is 297 g/mol. The quantitative estimate of drug-likeness (QED) is 0.838. The zero-order chi connectivity index (χ0) is 16.2. The molecule has 2 aliphatic rings. The molecular formula is C15H25F3N2O2. The third-order valence-corrected chi connectivity index (χ3v) is 4.80. The summed E-state index contributed by atoms with van der Waals surface area (Å²) in [4.78, 5) is 12.0. The van der Waals surface area contributed by atoms with Gasteiger partial charge in [0.2, 0.25) is 0 Å². The summed E-state index contributed by atoms with van der Waals surface area (Å²) in [6.07, 6.45) is -1.07. The summed E-state index contributed by atoms with van der Waals surface area (Å²) >= 11 is 0. The smallest absolute Gasteiger partial charge is 0.381 e. The molecule has 0 aromatic heterocycles. The van der Waals surface area contributed by atoms with Gasteiger partial charge < -0.3 is 15.4 Å². The van der Waals surface area contributed by atoms with Crippen molar-refractivity contribution in [2.24, 2.45) is 11.8 Å². The minimum atomic E-state index is -4.16. The van der Waals surface area contributed by atoms with Crippen LogP contribution in [0.1, 0.15) is 45.4 Å². The van der Waals surface area contributed by atoms with E-state index in [0.717, 1.165) is 12.8 Å². The molecule has 2 rings (SSSR count). The highest BCUT2D eigenvalue weighted by Gasteiger charge is 2.42. The molecule has 1 aliphatic carbocycles. The highest BCUT2D eigenvalue weighted by Crippen LogP contribution is 2.37. The predicted octanol–water partition coefficient (Wildman–Crippen LogP) is 3.22. The van der Waals surface area contributed by atoms with Crippen LogP contribution in [0.4, 0.5) is 18.0 Å². The fourth-order valence-electron chi connectivity index (χ4n) is 3.39. The van der Waals surface area contributed by atoms with Crippen molar-refractivity contribution >= 4 is 6.03 Å². The molecule has 0 spiro atoms. The summed E-state index contributed by atoms with van der Waals surface area (Å²) < 4.78 is 43.6. The first-order valence-corrected chi connectivity index (χ1v) is 8.07. The molecule has 0 radical (unpaired) electrons. The molecule has 2 fully saturated rings. The Hall–Kier alpha value is -0.980. The van der Waals surface area contributed by atoms with Gasteiger partial charge in [0, 0.05) is 25.3 Å². The molecule has 0 aromatic carbocycles. The minimum Gasteiger partial charge on any atom is -0.381 e. The Labute approximate surface area is 129 Å². The first kappa shape index (κ1) is 17.4. The van der Waals surface area contributed by atoms with Gasteiger partial charge in [-0.1, -0.05) is 6.42 Å². The number of nitrogens with one attached hydrogen (secondary N) is 2. The predicted molar refractivity (Wildman–Crippen MR) is 76.5 cm³/mol. The molecule has 7 heteroatoms. The Morgan fingerprint density at radius 1 is 1.18 bits per heavy atom. The monoisotopic (exact) mass is 322 g/mol. The average molecular weight is 322 g/mol. The zero-order valence-corrected chi connectivity index (χ0v) is 12.9. The van der Waals surface area contributed by atoms with E-state index in [-0.39, 0.29) is 31.0 Å². The normalized spacial score (nSPS) is 28.9. The van der Waals surface area contributed by atoms with Gasteiger partial charge in [-0.15, -0.1) is 0 Å². The van der Waals surface area contributed by atoms with Crippen molar-refractivity contribution in [3.63, 3.8) is 0 Å². The molecule has 1 saturated carbocycles. The third-order valence-electron chi connectivity index (χ3n) is 4.80. The molecule has 2 N–H and O–H groups in total. The lowest BCUT2D eigenvalue weighted by Gasteiger charge is -2.32. The first-order valence-electron chi connectivity index (χ1n) is 8.07. The maximum absolute atomic E-state index is 12.8. The summed E-state index contributed by atoms with van der Waals surface area (Å²) in [5, 5.41) is 5.57. The van der Waals surface area contributed by atoms with E-state index >= 15 is 0 Å². The van der Waals surface area contributed by atoms with Gasteiger partial charge in [-0.2, -0.15) is 13.2 Å². The second-order valence-corrected chi connectivity index (χ2v) is 6.46. The lowest BCUT2D eigenvalue weighted by atomic mass is 9.85. The molecule has 3 unspecified atom stereocenters. The Morgan fingerprint density at radius 3 is 2.50 bits per heavy atom. The molecule has 4 nitrogen and oxygen atoms in total. The number of hydrogen-bond donors (Lipinski definition) is 2. The summed E-state index contributed by atoms with van der Waals surface area (Å²) in [5.41, 5.74) is 0. The fourth-order valence-corrected chi connectivity index (χ4v) is 3.39. The molecule has 3 atom stereocenters. The van der Waals surface area contributed by atoms with Crippen molar-refractivity contribution in [1.82, 2.24) is 10.6 Å². The highest BCUT2D eigenvalue weighted by molar-refractivity contribution is 5.74. The van der Waals surface area contributed by atoms with Gasteiger partial charge in [0.25, 0.3) is 0 Å². The van der Waals surface area contributed by atoms with E-state index in [1.807, 2.05) is 6.92 Å². The number of rotatable bonds is 3. The molecule has 0 aromatic rings. The van der Waals surface area contributed by atoms with Crippen molar-refractivity contribution in [2.45, 2.75) is 63.7 Å². The van der Waals surface area contributed by atoms with E-state index in [2.05, 4.69) is 10.6 Å². The lowest BCUT2D eigenvalue weighted by molar-refractivity contribution is -0.183. The number of hydrogen-bond acceptors (Lipinski definition) is 2. The molecule has 2 amide bonds. The van der Waals surface area contributed by atoms with E-state index in [1.54, 1.807) is 0 Å². The third kappa shape index (κ3) is 5.04. The fraction of sp³-hybridized carbons (Fsp3) is 0.933. The van der Waals surface area contributed by atoms with Gasteiger partial charge in [-0.3, -0.25) is 0 Å². The molecule has 22 heavy (non-hydrogen) atoms. The van der Waals surface area contributed by atoms with E-state index in [1.165, 1.54) is 0 Å². The zero-order valence-electron chi connectivity index (χ0n) is 12.9. The van der Waals surface area contributed by atoms with Crippen LogP contribution in [0.15, 0.2) is 0 Å². The van der Waals surface area contributed by atoms with Gasteiger partial charge in [0.15, 0.2) is 0 Å². The highest BCUT2D eigenvalue weighted by atomic mass is 19.4. The second-order valence-electron chi connectivity index (χ2n) is 6.46. The van der Waals surface area contributed by atoms with E-state index in [0.29, 0.717) is 32.0 Å². The summed E-state index contributed by atoms with van der Waals surface area (Å²) in [6.45, 7) is 3.34. The van der Waals surface area contributed by atoms with Crippen molar-refractivity contribution in [3.05, 3.63) is 0 Å². The van der Waals surface area contributed by atoms with Crippen LogP contribution in [-0.4, -0.2) is 37.5 Å². The van der Waals surface area contributed by atoms with Gasteiger partial charge in [0.1, 0.15) is 0 Å². The van der Waals surface area contributed by atoms with Crippen LogP contribution in [0.25, 0.3) is 0 Å². The molecule has 128 valence electrons. The van der Waals surface area contributed by atoms with E-state index in [4.69, 9.17) is 4.74 Å². The number of alkyl halides is 3. The van der Waals surface area contributed by atoms with Crippen LogP contribution in [0.2, 0.25) is 0 Å². The van der Waals surface area contributed by atoms with Gasteiger partial charge in [-0.25, -0.2) is 4.79 Å². The minimum absolute atomic E-state index is 0.00547. The van der Waals surface area contributed by atoms with Crippen LogP contribution in [0.5, 0.6) is 0 Å². The molecule has 1 aliphatic heterocycles. The molecule has 0 bridgehead atoms. The standard InChI is InChI=1S/C15H25F3N2O2/c1-10(11-5-7-22-8-6-11)19-14(21)20-13-4-2-3-12(9-13)15(16,17)18/h10-13H,2-9H2,1H3,(H2,19,20,21). The topological polar surface area (TPSA) is 50.4 Å². The van der Waals surface area contributed by atoms with Gasteiger partial charge in [-0.05, 0) is 44.9 Å². The van der Waals surface area contributed by atoms with Crippen molar-refractivity contribution in [1.29, 1.82) is 0 Å².